The molecule has 1 amide bonds. The summed E-state index contributed by atoms with van der Waals surface area (Å²) in [5, 5.41) is 2.78. The molecule has 1 N–H and O–H groups in total. The van der Waals surface area contributed by atoms with Crippen molar-refractivity contribution in [2.45, 2.75) is 26.8 Å². The minimum Gasteiger partial charge on any atom is -0.369 e. The molecule has 0 aliphatic carbocycles. The van der Waals surface area contributed by atoms with Gasteiger partial charge in [0.15, 0.2) is 0 Å². The van der Waals surface area contributed by atoms with Crippen LogP contribution in [0, 0.1) is 0 Å². The van der Waals surface area contributed by atoms with Crippen molar-refractivity contribution in [1.82, 2.24) is 5.32 Å². The molecule has 0 heterocycles. The Bertz CT molecular complexity index is 440. The lowest BCUT2D eigenvalue weighted by Crippen LogP contribution is -2.30. The SMILES string of the molecule is C=C(Br)CNC(=O)c1ccc(N(CC)C(C)C)cc1. The number of hydrogen-bond donors (Lipinski definition) is 1. The molecule has 1 rings (SSSR count). The Hall–Kier alpha value is -1.29. The molecule has 0 radical (unpaired) electrons. The fraction of sp³-hybridized carbons (Fsp3) is 0.400. The molecule has 0 fully saturated rings. The molecular formula is C15H21BrN2O. The standard InChI is InChI=1S/C15H21BrN2O/c1-5-18(11(2)3)14-8-6-13(7-9-14)15(19)17-10-12(4)16/h6-9,11H,4-5,10H2,1-3H3,(H,17,19). The molecule has 0 aliphatic heterocycles. The minimum absolute atomic E-state index is 0.0836. The summed E-state index contributed by atoms with van der Waals surface area (Å²) in [6.45, 7) is 11.5. The molecule has 0 unspecified atom stereocenters. The lowest BCUT2D eigenvalue weighted by molar-refractivity contribution is 0.0958. The van der Waals surface area contributed by atoms with Crippen LogP contribution in [0.5, 0.6) is 0 Å². The Morgan fingerprint density at radius 2 is 1.95 bits per heavy atom. The van der Waals surface area contributed by atoms with E-state index in [1.54, 1.807) is 0 Å². The van der Waals surface area contributed by atoms with Crippen LogP contribution in [-0.2, 0) is 0 Å². The maximum absolute atomic E-state index is 11.8. The van der Waals surface area contributed by atoms with E-state index in [2.05, 4.69) is 53.5 Å². The lowest BCUT2D eigenvalue weighted by atomic mass is 10.1. The van der Waals surface area contributed by atoms with Gasteiger partial charge in [-0.1, -0.05) is 22.5 Å². The fourth-order valence-corrected chi connectivity index (χ4v) is 2.07. The van der Waals surface area contributed by atoms with Crippen LogP contribution in [0.2, 0.25) is 0 Å². The van der Waals surface area contributed by atoms with Gasteiger partial charge in [-0.15, -0.1) is 0 Å². The third-order valence-corrected chi connectivity index (χ3v) is 3.15. The highest BCUT2D eigenvalue weighted by Crippen LogP contribution is 2.17. The van der Waals surface area contributed by atoms with E-state index in [1.807, 2.05) is 24.3 Å². The van der Waals surface area contributed by atoms with Gasteiger partial charge in [0.1, 0.15) is 0 Å². The van der Waals surface area contributed by atoms with E-state index in [9.17, 15) is 4.79 Å². The summed E-state index contributed by atoms with van der Waals surface area (Å²) in [5.41, 5.74) is 1.80. The zero-order chi connectivity index (χ0) is 14.4. The van der Waals surface area contributed by atoms with Crippen LogP contribution in [-0.4, -0.2) is 25.0 Å². The Kier molecular flexibility index (Phi) is 6.09. The average molecular weight is 325 g/mol. The average Bonchev–Trinajstić information content (AvgIpc) is 2.37. The summed E-state index contributed by atoms with van der Waals surface area (Å²) in [6, 6.07) is 8.13. The summed E-state index contributed by atoms with van der Waals surface area (Å²) < 4.78 is 0.759. The first-order valence-electron chi connectivity index (χ1n) is 6.43. The van der Waals surface area contributed by atoms with Gasteiger partial charge in [-0.05, 0) is 45.0 Å². The fourth-order valence-electron chi connectivity index (χ4n) is 1.93. The summed E-state index contributed by atoms with van der Waals surface area (Å²) in [7, 11) is 0. The number of nitrogens with zero attached hydrogens (tertiary/aromatic N) is 1. The van der Waals surface area contributed by atoms with E-state index in [-0.39, 0.29) is 5.91 Å². The van der Waals surface area contributed by atoms with Crippen LogP contribution >= 0.6 is 15.9 Å². The molecule has 0 aromatic heterocycles. The third kappa shape index (κ3) is 4.71. The van der Waals surface area contributed by atoms with Crippen LogP contribution in [0.4, 0.5) is 5.69 Å². The van der Waals surface area contributed by atoms with E-state index in [0.29, 0.717) is 18.2 Å². The van der Waals surface area contributed by atoms with Crippen molar-refractivity contribution in [3.05, 3.63) is 40.9 Å². The maximum Gasteiger partial charge on any atom is 0.251 e. The van der Waals surface area contributed by atoms with Crippen molar-refractivity contribution in [3.8, 4) is 0 Å². The van der Waals surface area contributed by atoms with Crippen molar-refractivity contribution in [1.29, 1.82) is 0 Å². The number of carbonyl (C=O) groups excluding carboxylic acids is 1. The molecular weight excluding hydrogens is 304 g/mol. The molecule has 0 bridgehead atoms. The monoisotopic (exact) mass is 324 g/mol. The van der Waals surface area contributed by atoms with Crippen LogP contribution < -0.4 is 10.2 Å². The Labute approximate surface area is 123 Å². The molecule has 0 saturated carbocycles. The molecule has 4 heteroatoms. The molecule has 1 aromatic carbocycles. The van der Waals surface area contributed by atoms with Crippen molar-refractivity contribution >= 4 is 27.5 Å². The molecule has 0 saturated heterocycles. The van der Waals surface area contributed by atoms with Gasteiger partial charge in [0, 0.05) is 34.9 Å². The van der Waals surface area contributed by atoms with Crippen molar-refractivity contribution in [3.63, 3.8) is 0 Å². The van der Waals surface area contributed by atoms with E-state index in [0.717, 1.165) is 16.7 Å². The van der Waals surface area contributed by atoms with Crippen molar-refractivity contribution in [2.24, 2.45) is 0 Å². The number of anilines is 1. The van der Waals surface area contributed by atoms with Crippen molar-refractivity contribution < 1.29 is 4.79 Å². The summed E-state index contributed by atoms with van der Waals surface area (Å²) in [6.07, 6.45) is 0. The van der Waals surface area contributed by atoms with E-state index >= 15 is 0 Å². The van der Waals surface area contributed by atoms with E-state index < -0.39 is 0 Å². The van der Waals surface area contributed by atoms with Gasteiger partial charge >= 0.3 is 0 Å². The third-order valence-electron chi connectivity index (χ3n) is 2.87. The highest BCUT2D eigenvalue weighted by molar-refractivity contribution is 9.11. The number of rotatable bonds is 6. The molecule has 19 heavy (non-hydrogen) atoms. The number of halogens is 1. The summed E-state index contributed by atoms with van der Waals surface area (Å²) in [5.74, 6) is -0.0836. The molecule has 104 valence electrons. The zero-order valence-electron chi connectivity index (χ0n) is 11.7. The van der Waals surface area contributed by atoms with Crippen molar-refractivity contribution in [2.75, 3.05) is 18.0 Å². The molecule has 0 atom stereocenters. The van der Waals surface area contributed by atoms with Gasteiger partial charge in [-0.2, -0.15) is 0 Å². The van der Waals surface area contributed by atoms with E-state index in [4.69, 9.17) is 0 Å². The predicted octanol–water partition coefficient (Wildman–Crippen LogP) is 3.56. The second-order valence-electron chi connectivity index (χ2n) is 4.63. The van der Waals surface area contributed by atoms with Gasteiger partial charge in [0.2, 0.25) is 0 Å². The largest absolute Gasteiger partial charge is 0.369 e. The number of carbonyl (C=O) groups is 1. The van der Waals surface area contributed by atoms with Gasteiger partial charge in [-0.3, -0.25) is 4.79 Å². The second-order valence-corrected chi connectivity index (χ2v) is 5.75. The second kappa shape index (κ2) is 7.34. The Balaban J connectivity index is 2.75. The normalized spacial score (nSPS) is 10.4. The summed E-state index contributed by atoms with van der Waals surface area (Å²) in [4.78, 5) is 14.1. The lowest BCUT2D eigenvalue weighted by Gasteiger charge is -2.27. The van der Waals surface area contributed by atoms with Gasteiger partial charge in [0.25, 0.3) is 5.91 Å². The Morgan fingerprint density at radius 3 is 2.37 bits per heavy atom. The number of hydrogen-bond acceptors (Lipinski definition) is 2. The van der Waals surface area contributed by atoms with Gasteiger partial charge in [-0.25, -0.2) is 0 Å². The van der Waals surface area contributed by atoms with Crippen LogP contribution in [0.25, 0.3) is 0 Å². The highest BCUT2D eigenvalue weighted by atomic mass is 79.9. The Morgan fingerprint density at radius 1 is 1.37 bits per heavy atom. The molecule has 1 aromatic rings. The van der Waals surface area contributed by atoms with Crippen LogP contribution in [0.1, 0.15) is 31.1 Å². The molecule has 3 nitrogen and oxygen atoms in total. The molecule has 0 spiro atoms. The van der Waals surface area contributed by atoms with Gasteiger partial charge < -0.3 is 10.2 Å². The van der Waals surface area contributed by atoms with Crippen LogP contribution in [0.3, 0.4) is 0 Å². The quantitative estimate of drug-likeness (QED) is 0.867. The maximum atomic E-state index is 11.8. The first-order valence-corrected chi connectivity index (χ1v) is 7.23. The van der Waals surface area contributed by atoms with Gasteiger partial charge in [0.05, 0.1) is 0 Å². The van der Waals surface area contributed by atoms with Crippen LogP contribution in [0.15, 0.2) is 35.3 Å². The number of benzene rings is 1. The number of amides is 1. The smallest absolute Gasteiger partial charge is 0.251 e. The topological polar surface area (TPSA) is 32.3 Å². The first-order chi connectivity index (χ1) is 8.95. The predicted molar refractivity (Wildman–Crippen MR) is 85.0 cm³/mol. The highest BCUT2D eigenvalue weighted by Gasteiger charge is 2.10. The van der Waals surface area contributed by atoms with E-state index in [1.165, 1.54) is 0 Å². The first kappa shape index (κ1) is 15.8. The molecule has 0 aliphatic rings. The minimum atomic E-state index is -0.0836. The summed E-state index contributed by atoms with van der Waals surface area (Å²) >= 11 is 3.22. The zero-order valence-corrected chi connectivity index (χ0v) is 13.3. The number of nitrogens with one attached hydrogen (secondary N) is 1.